The summed E-state index contributed by atoms with van der Waals surface area (Å²) < 4.78 is 18.0. The van der Waals surface area contributed by atoms with Gasteiger partial charge in [-0.2, -0.15) is 0 Å². The molecular formula is C18H20FNO2S. The quantitative estimate of drug-likeness (QED) is 0.834. The van der Waals surface area contributed by atoms with Crippen LogP contribution in [0.15, 0.2) is 48.5 Å². The predicted molar refractivity (Wildman–Crippen MR) is 92.1 cm³/mol. The van der Waals surface area contributed by atoms with Crippen molar-refractivity contribution < 1.29 is 13.9 Å². The van der Waals surface area contributed by atoms with Gasteiger partial charge in [0.15, 0.2) is 0 Å². The Morgan fingerprint density at radius 2 is 1.83 bits per heavy atom. The Morgan fingerprint density at radius 3 is 2.43 bits per heavy atom. The second-order valence-electron chi connectivity index (χ2n) is 5.18. The number of benzene rings is 2. The molecule has 2 aromatic carbocycles. The molecule has 1 amide bonds. The highest BCUT2D eigenvalue weighted by atomic mass is 32.2. The number of carbonyl (C=O) groups excluding carboxylic acids is 1. The Kier molecular flexibility index (Phi) is 6.47. The SMILES string of the molecule is COc1ccc(CSCC(=O)N[C@@H](C)c2ccc(F)cc2)cc1. The van der Waals surface area contributed by atoms with Crippen molar-refractivity contribution in [2.24, 2.45) is 0 Å². The van der Waals surface area contributed by atoms with Crippen molar-refractivity contribution in [1.29, 1.82) is 0 Å². The molecule has 1 N–H and O–H groups in total. The van der Waals surface area contributed by atoms with Gasteiger partial charge in [0.05, 0.1) is 18.9 Å². The Bertz CT molecular complexity index is 628. The van der Waals surface area contributed by atoms with Crippen molar-refractivity contribution in [3.05, 3.63) is 65.5 Å². The van der Waals surface area contributed by atoms with E-state index in [-0.39, 0.29) is 17.8 Å². The van der Waals surface area contributed by atoms with Crippen molar-refractivity contribution in [1.82, 2.24) is 5.32 Å². The minimum atomic E-state index is -0.276. The molecule has 3 nitrogen and oxygen atoms in total. The minimum Gasteiger partial charge on any atom is -0.497 e. The van der Waals surface area contributed by atoms with E-state index >= 15 is 0 Å². The van der Waals surface area contributed by atoms with Gasteiger partial charge in [-0.25, -0.2) is 4.39 Å². The Labute approximate surface area is 140 Å². The third-order valence-corrected chi connectivity index (χ3v) is 4.41. The van der Waals surface area contributed by atoms with E-state index in [9.17, 15) is 9.18 Å². The van der Waals surface area contributed by atoms with Crippen molar-refractivity contribution in [2.45, 2.75) is 18.7 Å². The summed E-state index contributed by atoms with van der Waals surface area (Å²) >= 11 is 1.55. The van der Waals surface area contributed by atoms with Gasteiger partial charge in [0.2, 0.25) is 5.91 Å². The van der Waals surface area contributed by atoms with E-state index in [0.717, 1.165) is 22.6 Å². The molecule has 2 rings (SSSR count). The summed E-state index contributed by atoms with van der Waals surface area (Å²) in [5.74, 6) is 1.67. The molecule has 0 saturated heterocycles. The van der Waals surface area contributed by atoms with Gasteiger partial charge in [-0.15, -0.1) is 11.8 Å². The lowest BCUT2D eigenvalue weighted by atomic mass is 10.1. The summed E-state index contributed by atoms with van der Waals surface area (Å²) in [4.78, 5) is 12.0. The van der Waals surface area contributed by atoms with Gasteiger partial charge >= 0.3 is 0 Å². The van der Waals surface area contributed by atoms with Crippen LogP contribution in [-0.2, 0) is 10.5 Å². The molecule has 0 aliphatic heterocycles. The second-order valence-corrected chi connectivity index (χ2v) is 6.17. The molecule has 0 fully saturated rings. The van der Waals surface area contributed by atoms with E-state index in [4.69, 9.17) is 4.74 Å². The number of amides is 1. The lowest BCUT2D eigenvalue weighted by Gasteiger charge is -2.14. The Hall–Kier alpha value is -2.01. The molecule has 0 heterocycles. The number of methoxy groups -OCH3 is 1. The van der Waals surface area contributed by atoms with Crippen molar-refractivity contribution in [3.8, 4) is 5.75 Å². The summed E-state index contributed by atoms with van der Waals surface area (Å²) in [7, 11) is 1.64. The molecule has 0 spiro atoms. The number of thioether (sulfide) groups is 1. The van der Waals surface area contributed by atoms with Gasteiger partial charge in [0.25, 0.3) is 0 Å². The zero-order valence-corrected chi connectivity index (χ0v) is 14.0. The molecule has 5 heteroatoms. The highest BCUT2D eigenvalue weighted by molar-refractivity contribution is 7.99. The van der Waals surface area contributed by atoms with Crippen LogP contribution in [0.25, 0.3) is 0 Å². The first-order valence-electron chi connectivity index (χ1n) is 7.34. The fourth-order valence-electron chi connectivity index (χ4n) is 2.10. The Balaban J connectivity index is 1.74. The maximum atomic E-state index is 12.9. The minimum absolute atomic E-state index is 0.0275. The van der Waals surface area contributed by atoms with Crippen molar-refractivity contribution in [3.63, 3.8) is 0 Å². The summed E-state index contributed by atoms with van der Waals surface area (Å²) in [6.45, 7) is 1.89. The molecule has 1 atom stereocenters. The first-order chi connectivity index (χ1) is 11.1. The third kappa shape index (κ3) is 5.60. The lowest BCUT2D eigenvalue weighted by Crippen LogP contribution is -2.28. The standard InChI is InChI=1S/C18H20FNO2S/c1-13(15-5-7-16(19)8-6-15)20-18(21)12-23-11-14-3-9-17(22-2)10-4-14/h3-10,13H,11-12H2,1-2H3,(H,20,21)/t13-/m0/s1. The number of hydrogen-bond donors (Lipinski definition) is 1. The highest BCUT2D eigenvalue weighted by Crippen LogP contribution is 2.17. The van der Waals surface area contributed by atoms with E-state index in [1.54, 1.807) is 31.0 Å². The first-order valence-corrected chi connectivity index (χ1v) is 8.49. The van der Waals surface area contributed by atoms with Crippen LogP contribution in [0.3, 0.4) is 0 Å². The molecular weight excluding hydrogens is 313 g/mol. The average molecular weight is 333 g/mol. The van der Waals surface area contributed by atoms with Crippen molar-refractivity contribution in [2.75, 3.05) is 12.9 Å². The maximum absolute atomic E-state index is 12.9. The monoisotopic (exact) mass is 333 g/mol. The molecule has 0 radical (unpaired) electrons. The largest absolute Gasteiger partial charge is 0.497 e. The van der Waals surface area contributed by atoms with Crippen LogP contribution in [0.4, 0.5) is 4.39 Å². The van der Waals surface area contributed by atoms with E-state index in [1.165, 1.54) is 12.1 Å². The molecule has 0 bridgehead atoms. The number of carbonyl (C=O) groups is 1. The van der Waals surface area contributed by atoms with Gasteiger partial charge in [-0.3, -0.25) is 4.79 Å². The van der Waals surface area contributed by atoms with Gasteiger partial charge in [-0.1, -0.05) is 24.3 Å². The number of halogens is 1. The molecule has 0 aliphatic rings. The summed E-state index contributed by atoms with van der Waals surface area (Å²) in [5.41, 5.74) is 2.04. The number of rotatable bonds is 7. The predicted octanol–water partition coefficient (Wildman–Crippen LogP) is 3.94. The maximum Gasteiger partial charge on any atom is 0.230 e. The van der Waals surface area contributed by atoms with Crippen LogP contribution in [-0.4, -0.2) is 18.8 Å². The summed E-state index contributed by atoms with van der Waals surface area (Å²) in [6.07, 6.45) is 0. The summed E-state index contributed by atoms with van der Waals surface area (Å²) in [6, 6.07) is 13.8. The van der Waals surface area contributed by atoms with E-state index < -0.39 is 0 Å². The van der Waals surface area contributed by atoms with Crippen molar-refractivity contribution >= 4 is 17.7 Å². The highest BCUT2D eigenvalue weighted by Gasteiger charge is 2.09. The molecule has 0 aromatic heterocycles. The number of hydrogen-bond acceptors (Lipinski definition) is 3. The summed E-state index contributed by atoms with van der Waals surface area (Å²) in [5, 5.41) is 2.92. The zero-order chi connectivity index (χ0) is 16.7. The zero-order valence-electron chi connectivity index (χ0n) is 13.2. The van der Waals surface area contributed by atoms with Gasteiger partial charge in [-0.05, 0) is 42.3 Å². The van der Waals surface area contributed by atoms with Gasteiger partial charge in [0, 0.05) is 5.75 Å². The van der Waals surface area contributed by atoms with E-state index in [1.807, 2.05) is 31.2 Å². The molecule has 0 saturated carbocycles. The fourth-order valence-corrected chi connectivity index (χ4v) is 2.90. The van der Waals surface area contributed by atoms with Crippen LogP contribution in [0.2, 0.25) is 0 Å². The second kappa shape index (κ2) is 8.58. The third-order valence-electron chi connectivity index (χ3n) is 3.41. The first kappa shape index (κ1) is 17.3. The topological polar surface area (TPSA) is 38.3 Å². The van der Waals surface area contributed by atoms with Crippen LogP contribution in [0, 0.1) is 5.82 Å². The molecule has 2 aromatic rings. The van der Waals surface area contributed by atoms with Crippen LogP contribution >= 0.6 is 11.8 Å². The van der Waals surface area contributed by atoms with Gasteiger partial charge in [0.1, 0.15) is 11.6 Å². The van der Waals surface area contributed by atoms with Crippen LogP contribution in [0.5, 0.6) is 5.75 Å². The smallest absolute Gasteiger partial charge is 0.230 e. The van der Waals surface area contributed by atoms with Crippen LogP contribution in [0.1, 0.15) is 24.1 Å². The Morgan fingerprint density at radius 1 is 1.17 bits per heavy atom. The fraction of sp³-hybridized carbons (Fsp3) is 0.278. The number of ether oxygens (including phenoxy) is 1. The normalized spacial score (nSPS) is 11.8. The average Bonchev–Trinajstić information content (AvgIpc) is 2.56. The molecule has 0 aliphatic carbocycles. The van der Waals surface area contributed by atoms with Crippen LogP contribution < -0.4 is 10.1 Å². The van der Waals surface area contributed by atoms with Gasteiger partial charge < -0.3 is 10.1 Å². The molecule has 0 unspecified atom stereocenters. The van der Waals surface area contributed by atoms with E-state index in [0.29, 0.717) is 5.75 Å². The number of nitrogens with one attached hydrogen (secondary N) is 1. The lowest BCUT2D eigenvalue weighted by molar-refractivity contribution is -0.119. The molecule has 23 heavy (non-hydrogen) atoms. The van der Waals surface area contributed by atoms with E-state index in [2.05, 4.69) is 5.32 Å². The molecule has 122 valence electrons.